The van der Waals surface area contributed by atoms with Gasteiger partial charge in [-0.2, -0.15) is 11.8 Å². The minimum absolute atomic E-state index is 0.0203. The standard InChI is InChI=1S/C73H113N7O15S/c1-16-46(8)66(60(93-13)40-57(82)53-28-23-29-54(53)68(94-14)48(10)56(81)37-47(9)67(87)50-25-19-17-20-26-50)78(11)70(89)55(43(2)3)39-59(84)65(45(6)7)79(12)73(92)95-42-49-31-33-52(34-32-49)76-69(88)51(27-24-35-75-72(74)91)38-58(83)64(44(4)5)77-62(85)30-21-18-22-36-80-63(86)41-61(96-15)71(80)90/h17,19-20,25-26,31-34,43-48,51,53-55,60-61,64-68,87H,16,18,21-24,27-30,35-42H2,1-15H3,(H,76,88)(H,77,85)(H3,74,75,91)/t46-,47-,48-,51+,53?,54+,55?,60+,61?,64-,65-,66-,67+,68+/m0/s1. The first-order valence-corrected chi connectivity index (χ1v) is 35.9. The first-order valence-electron chi connectivity index (χ1n) is 34.6. The van der Waals surface area contributed by atoms with Gasteiger partial charge in [0, 0.05) is 109 Å². The number of nitrogens with zero attached hydrogens (tertiary/aromatic N) is 3. The lowest BCUT2D eigenvalue weighted by Gasteiger charge is -2.40. The second-order valence-electron chi connectivity index (χ2n) is 27.7. The summed E-state index contributed by atoms with van der Waals surface area (Å²) in [7, 11) is 6.31. The summed E-state index contributed by atoms with van der Waals surface area (Å²) in [5.41, 5.74) is 6.97. The number of Topliss-reactive ketones (excluding diaryl/α,β-unsaturated/α-hetero) is 4. The molecule has 1 aliphatic heterocycles. The monoisotopic (exact) mass is 1360 g/mol. The molecule has 8 amide bonds. The van der Waals surface area contributed by atoms with E-state index < -0.39 is 78.1 Å². The molecule has 2 aromatic carbocycles. The fourth-order valence-electron chi connectivity index (χ4n) is 13.8. The van der Waals surface area contributed by atoms with Crippen LogP contribution in [0, 0.1) is 59.2 Å². The van der Waals surface area contributed by atoms with Crippen LogP contribution >= 0.6 is 11.8 Å². The van der Waals surface area contributed by atoms with Crippen LogP contribution in [-0.4, -0.2) is 168 Å². The lowest BCUT2D eigenvalue weighted by Crippen LogP contribution is -2.53. The Morgan fingerprint density at radius 2 is 1.42 bits per heavy atom. The second kappa shape index (κ2) is 40.4. The topological polar surface area (TPSA) is 308 Å². The zero-order valence-corrected chi connectivity index (χ0v) is 60.5. The molecule has 23 heteroatoms. The van der Waals surface area contributed by atoms with E-state index >= 15 is 0 Å². The van der Waals surface area contributed by atoms with Gasteiger partial charge in [-0.25, -0.2) is 9.59 Å². The van der Waals surface area contributed by atoms with E-state index in [4.69, 9.17) is 19.9 Å². The lowest BCUT2D eigenvalue weighted by atomic mass is 9.77. The molecular weight excluding hydrogens is 1250 g/mol. The zero-order valence-electron chi connectivity index (χ0n) is 59.7. The number of ketones is 4. The molecule has 96 heavy (non-hydrogen) atoms. The normalized spacial score (nSPS) is 19.1. The maximum atomic E-state index is 14.9. The second-order valence-corrected chi connectivity index (χ2v) is 28.8. The molecule has 536 valence electrons. The van der Waals surface area contributed by atoms with E-state index in [1.54, 1.807) is 70.5 Å². The molecule has 0 radical (unpaired) electrons. The van der Waals surface area contributed by atoms with Crippen molar-refractivity contribution in [2.45, 2.75) is 214 Å². The van der Waals surface area contributed by atoms with Gasteiger partial charge in [-0.05, 0) is 104 Å². The molecule has 22 nitrogen and oxygen atoms in total. The summed E-state index contributed by atoms with van der Waals surface area (Å²) < 4.78 is 18.0. The molecule has 2 fully saturated rings. The summed E-state index contributed by atoms with van der Waals surface area (Å²) in [6, 6.07) is 12.7. The smallest absolute Gasteiger partial charge is 0.410 e. The number of thioether (sulfide) groups is 1. The Balaban J connectivity index is 1.37. The van der Waals surface area contributed by atoms with Crippen LogP contribution in [0.4, 0.5) is 15.3 Å². The number of aliphatic hydroxyl groups excluding tert-OH is 1. The number of hydrogen-bond acceptors (Lipinski definition) is 16. The third-order valence-electron chi connectivity index (χ3n) is 19.7. The Morgan fingerprint density at radius 3 is 1.99 bits per heavy atom. The van der Waals surface area contributed by atoms with Gasteiger partial charge in [-0.1, -0.05) is 131 Å². The number of urea groups is 1. The van der Waals surface area contributed by atoms with Gasteiger partial charge in [0.2, 0.25) is 29.5 Å². The number of nitrogens with one attached hydrogen (secondary N) is 3. The highest BCUT2D eigenvalue weighted by Crippen LogP contribution is 2.41. The summed E-state index contributed by atoms with van der Waals surface area (Å²) in [5, 5.41) is 18.9. The Kier molecular flexibility index (Phi) is 34.4. The Morgan fingerprint density at radius 1 is 0.750 bits per heavy atom. The van der Waals surface area contributed by atoms with Crippen LogP contribution in [0.3, 0.4) is 0 Å². The van der Waals surface area contributed by atoms with Crippen molar-refractivity contribution in [1.29, 1.82) is 0 Å². The molecule has 0 bridgehead atoms. The zero-order chi connectivity index (χ0) is 71.7. The highest BCUT2D eigenvalue weighted by Gasteiger charge is 2.46. The van der Waals surface area contributed by atoms with Crippen molar-refractivity contribution in [3.8, 4) is 0 Å². The number of primary amides is 1. The number of carbonyl (C=O) groups is 11. The maximum Gasteiger partial charge on any atom is 0.410 e. The minimum Gasteiger partial charge on any atom is -0.445 e. The number of rotatable bonds is 43. The van der Waals surface area contributed by atoms with Gasteiger partial charge < -0.3 is 50.8 Å². The molecule has 2 aromatic rings. The fourth-order valence-corrected chi connectivity index (χ4v) is 14.5. The highest BCUT2D eigenvalue weighted by atomic mass is 32.2. The Hall–Kier alpha value is -6.56. The number of benzene rings is 2. The molecule has 1 saturated heterocycles. The number of methoxy groups -OCH3 is 2. The van der Waals surface area contributed by atoms with Crippen LogP contribution in [-0.2, 0) is 64.0 Å². The van der Waals surface area contributed by atoms with Gasteiger partial charge in [0.1, 0.15) is 18.2 Å². The number of imide groups is 1. The molecule has 3 unspecified atom stereocenters. The van der Waals surface area contributed by atoms with Crippen molar-refractivity contribution in [1.82, 2.24) is 25.3 Å². The van der Waals surface area contributed by atoms with Crippen LogP contribution in [0.15, 0.2) is 54.6 Å². The summed E-state index contributed by atoms with van der Waals surface area (Å²) in [5.74, 6) is -6.42. The van der Waals surface area contributed by atoms with Gasteiger partial charge in [0.25, 0.3) is 0 Å². The number of hydrogen-bond donors (Lipinski definition) is 5. The fraction of sp³-hybridized carbons (Fsp3) is 0.685. The van der Waals surface area contributed by atoms with Crippen LogP contribution in [0.5, 0.6) is 0 Å². The highest BCUT2D eigenvalue weighted by molar-refractivity contribution is 8.00. The van der Waals surface area contributed by atoms with Crippen LogP contribution in [0.2, 0.25) is 0 Å². The summed E-state index contributed by atoms with van der Waals surface area (Å²) in [6.45, 7) is 19.0. The largest absolute Gasteiger partial charge is 0.445 e. The molecule has 1 aliphatic carbocycles. The summed E-state index contributed by atoms with van der Waals surface area (Å²) in [4.78, 5) is 153. The van der Waals surface area contributed by atoms with Gasteiger partial charge >= 0.3 is 12.1 Å². The molecule has 1 saturated carbocycles. The number of aliphatic hydroxyl groups is 1. The van der Waals surface area contributed by atoms with Crippen LogP contribution < -0.4 is 21.7 Å². The number of likely N-dealkylation sites (tertiary alicyclic amines) is 1. The predicted octanol–water partition coefficient (Wildman–Crippen LogP) is 9.91. The SMILES string of the molecule is CC[C@H](C)[C@@H]([C@@H](CC(=O)C1CCC[C@H]1[C@H](OC)[C@@H](C)C(=O)C[C@H](C)[C@@H](O)c1ccccc1)OC)N(C)C(=O)C(CC(=O)[C@H](C(C)C)N(C)C(=O)OCc1ccc(NC(=O)[C@H](CCCNC(N)=O)CC(=O)[C@@H](NC(=O)CCCCCN2C(=O)CC(SC)C2=O)C(C)C)cc1)C(C)C. The first-order chi connectivity index (χ1) is 45.4. The van der Waals surface area contributed by atoms with Gasteiger partial charge in [0.15, 0.2) is 11.6 Å². The molecular formula is C73H113N7O15S. The Labute approximate surface area is 574 Å². The lowest BCUT2D eigenvalue weighted by molar-refractivity contribution is -0.147. The number of nitrogens with two attached hydrogens (primary N) is 1. The number of carbonyl (C=O) groups excluding carboxylic acids is 11. The van der Waals surface area contributed by atoms with E-state index in [-0.39, 0.29) is 146 Å². The van der Waals surface area contributed by atoms with Gasteiger partial charge in [-0.3, -0.25) is 48.1 Å². The van der Waals surface area contributed by atoms with E-state index in [1.807, 2.05) is 85.7 Å². The van der Waals surface area contributed by atoms with E-state index in [1.165, 1.54) is 28.6 Å². The summed E-state index contributed by atoms with van der Waals surface area (Å²) in [6.07, 6.45) is 4.03. The summed E-state index contributed by atoms with van der Waals surface area (Å²) >= 11 is 1.35. The van der Waals surface area contributed by atoms with E-state index in [2.05, 4.69) is 16.0 Å². The Bertz CT molecular complexity index is 2890. The number of unbranched alkanes of at least 4 members (excludes halogenated alkanes) is 2. The van der Waals surface area contributed by atoms with Crippen LogP contribution in [0.1, 0.15) is 183 Å². The maximum absolute atomic E-state index is 14.9. The van der Waals surface area contributed by atoms with Crippen LogP contribution in [0.25, 0.3) is 0 Å². The van der Waals surface area contributed by atoms with Crippen molar-refractivity contribution in [3.63, 3.8) is 0 Å². The third-order valence-corrected chi connectivity index (χ3v) is 20.7. The van der Waals surface area contributed by atoms with Gasteiger partial charge in [0.05, 0.1) is 41.7 Å². The van der Waals surface area contributed by atoms with Crippen molar-refractivity contribution < 1.29 is 72.1 Å². The quantitative estimate of drug-likeness (QED) is 0.0305. The predicted molar refractivity (Wildman–Crippen MR) is 371 cm³/mol. The number of amides is 8. The molecule has 4 rings (SSSR count). The molecule has 14 atom stereocenters. The average Bonchev–Trinajstić information content (AvgIpc) is 1.42. The van der Waals surface area contributed by atoms with E-state index in [0.29, 0.717) is 62.7 Å². The molecule has 2 aliphatic rings. The third kappa shape index (κ3) is 23.9. The molecule has 1 heterocycles. The van der Waals surface area contributed by atoms with E-state index in [9.17, 15) is 57.8 Å². The van der Waals surface area contributed by atoms with Crippen molar-refractivity contribution >= 4 is 82.2 Å². The van der Waals surface area contributed by atoms with E-state index in [0.717, 1.165) is 12.0 Å². The number of likely N-dealkylation sites (N-methyl/N-ethyl adjacent to an activating group) is 2. The number of anilines is 1. The van der Waals surface area contributed by atoms with Crippen molar-refractivity contribution in [2.24, 2.45) is 64.9 Å². The minimum atomic E-state index is -0.960. The first kappa shape index (κ1) is 81.9. The van der Waals surface area contributed by atoms with Crippen molar-refractivity contribution in [2.75, 3.05) is 53.0 Å². The average molecular weight is 1360 g/mol. The van der Waals surface area contributed by atoms with Crippen molar-refractivity contribution in [3.05, 3.63) is 65.7 Å². The number of ether oxygens (including phenoxy) is 3. The van der Waals surface area contributed by atoms with Gasteiger partial charge in [-0.15, -0.1) is 0 Å². The molecule has 0 spiro atoms. The molecule has 0 aromatic heterocycles. The molecule has 6 N–H and O–H groups in total.